The van der Waals surface area contributed by atoms with E-state index in [1.807, 2.05) is 13.0 Å². The molecule has 96 valence electrons. The summed E-state index contributed by atoms with van der Waals surface area (Å²) in [6.07, 6.45) is 0.747. The van der Waals surface area contributed by atoms with E-state index >= 15 is 0 Å². The van der Waals surface area contributed by atoms with Crippen LogP contribution < -0.4 is 5.56 Å². The Labute approximate surface area is 114 Å². The maximum atomic E-state index is 11.8. The first-order valence-electron chi connectivity index (χ1n) is 5.83. The van der Waals surface area contributed by atoms with E-state index in [0.717, 1.165) is 17.9 Å². The summed E-state index contributed by atoms with van der Waals surface area (Å²) < 4.78 is 5.98. The minimum atomic E-state index is -0.176. The number of rotatable bonds is 3. The second-order valence-electron chi connectivity index (χ2n) is 4.68. The molecule has 0 atom stereocenters. The molecule has 0 fully saturated rings. The summed E-state index contributed by atoms with van der Waals surface area (Å²) in [4.78, 5) is 19.0. The molecule has 0 aromatic carbocycles. The Kier molecular flexibility index (Phi) is 3.71. The lowest BCUT2D eigenvalue weighted by atomic mass is 10.1. The lowest BCUT2D eigenvalue weighted by Crippen LogP contribution is -2.14. The van der Waals surface area contributed by atoms with Gasteiger partial charge in [0.15, 0.2) is 11.6 Å². The molecule has 0 radical (unpaired) electrons. The third kappa shape index (κ3) is 2.72. The normalized spacial score (nSPS) is 11.2. The molecule has 2 aromatic rings. The van der Waals surface area contributed by atoms with Crippen LogP contribution in [0.5, 0.6) is 0 Å². The van der Waals surface area contributed by atoms with Gasteiger partial charge in [-0.3, -0.25) is 4.79 Å². The van der Waals surface area contributed by atoms with Crippen LogP contribution in [0.4, 0.5) is 0 Å². The average Bonchev–Trinajstić information content (AvgIpc) is 2.70. The van der Waals surface area contributed by atoms with Gasteiger partial charge in [0.25, 0.3) is 5.56 Å². The molecule has 0 spiro atoms. The Morgan fingerprint density at radius 1 is 1.44 bits per heavy atom. The Bertz CT molecular complexity index is 614. The maximum Gasteiger partial charge on any atom is 0.265 e. The molecule has 1 N–H and O–H groups in total. The van der Waals surface area contributed by atoms with Crippen molar-refractivity contribution in [1.29, 1.82) is 0 Å². The molecule has 0 saturated heterocycles. The van der Waals surface area contributed by atoms with Crippen LogP contribution in [0.15, 0.2) is 25.8 Å². The van der Waals surface area contributed by atoms with Crippen molar-refractivity contribution in [3.05, 3.63) is 38.4 Å². The smallest absolute Gasteiger partial charge is 0.265 e. The first kappa shape index (κ1) is 13.1. The van der Waals surface area contributed by atoms with Gasteiger partial charge in [-0.1, -0.05) is 13.8 Å². The van der Waals surface area contributed by atoms with Crippen LogP contribution in [0, 0.1) is 12.8 Å². The predicted octanol–water partition coefficient (Wildman–Crippen LogP) is 3.30. The van der Waals surface area contributed by atoms with E-state index in [2.05, 4.69) is 39.7 Å². The molecule has 0 aliphatic rings. The van der Waals surface area contributed by atoms with Crippen LogP contribution in [0.3, 0.4) is 0 Å². The molecule has 2 heterocycles. The number of nitrogens with one attached hydrogen (secondary N) is 1. The van der Waals surface area contributed by atoms with Crippen molar-refractivity contribution in [3.8, 4) is 11.6 Å². The molecule has 0 amide bonds. The van der Waals surface area contributed by atoms with E-state index < -0.39 is 0 Å². The van der Waals surface area contributed by atoms with E-state index in [1.54, 1.807) is 6.07 Å². The summed E-state index contributed by atoms with van der Waals surface area (Å²) in [7, 11) is 0. The molecule has 0 aliphatic carbocycles. The molecule has 18 heavy (non-hydrogen) atoms. The molecule has 5 heteroatoms. The minimum Gasteiger partial charge on any atom is -0.458 e. The topological polar surface area (TPSA) is 58.9 Å². The standard InChI is InChI=1S/C13H15BrN2O2/c1-7(2)6-9-11(14)13(17)16-12(15-9)10-5-4-8(3)18-10/h4-5,7H,6H2,1-3H3,(H,15,16,17). The Hall–Kier alpha value is -1.36. The number of furan rings is 1. The third-order valence-corrected chi connectivity index (χ3v) is 3.32. The molecule has 0 bridgehead atoms. The van der Waals surface area contributed by atoms with Gasteiger partial charge in [0, 0.05) is 0 Å². The van der Waals surface area contributed by atoms with E-state index in [4.69, 9.17) is 4.42 Å². The van der Waals surface area contributed by atoms with E-state index in [9.17, 15) is 4.79 Å². The zero-order chi connectivity index (χ0) is 13.3. The summed E-state index contributed by atoms with van der Waals surface area (Å²) in [6, 6.07) is 3.65. The Morgan fingerprint density at radius 2 is 2.17 bits per heavy atom. The van der Waals surface area contributed by atoms with Crippen molar-refractivity contribution in [1.82, 2.24) is 9.97 Å². The fourth-order valence-corrected chi connectivity index (χ4v) is 2.06. The second kappa shape index (κ2) is 5.10. The quantitative estimate of drug-likeness (QED) is 0.946. The lowest BCUT2D eigenvalue weighted by Gasteiger charge is -2.07. The number of aryl methyl sites for hydroxylation is 1. The minimum absolute atomic E-state index is 0.176. The summed E-state index contributed by atoms with van der Waals surface area (Å²) in [5.74, 6) is 2.29. The van der Waals surface area contributed by atoms with Crippen molar-refractivity contribution in [3.63, 3.8) is 0 Å². The number of nitrogens with zero attached hydrogens (tertiary/aromatic N) is 1. The average molecular weight is 311 g/mol. The first-order chi connectivity index (χ1) is 8.47. The van der Waals surface area contributed by atoms with Gasteiger partial charge in [0.05, 0.1) is 5.69 Å². The van der Waals surface area contributed by atoms with Gasteiger partial charge in [-0.15, -0.1) is 0 Å². The third-order valence-electron chi connectivity index (χ3n) is 2.51. The van der Waals surface area contributed by atoms with Crippen molar-refractivity contribution >= 4 is 15.9 Å². The predicted molar refractivity (Wildman–Crippen MR) is 73.5 cm³/mol. The largest absolute Gasteiger partial charge is 0.458 e. The van der Waals surface area contributed by atoms with Gasteiger partial charge in [-0.25, -0.2) is 4.98 Å². The zero-order valence-corrected chi connectivity index (χ0v) is 12.2. The van der Waals surface area contributed by atoms with Crippen molar-refractivity contribution in [2.75, 3.05) is 0 Å². The molecule has 0 aliphatic heterocycles. The van der Waals surface area contributed by atoms with E-state index in [1.165, 1.54) is 0 Å². The van der Waals surface area contributed by atoms with Crippen LogP contribution in [0.1, 0.15) is 25.3 Å². The highest BCUT2D eigenvalue weighted by atomic mass is 79.9. The van der Waals surface area contributed by atoms with E-state index in [0.29, 0.717) is 22.0 Å². The number of hydrogen-bond acceptors (Lipinski definition) is 3. The number of aromatic nitrogens is 2. The molecule has 2 rings (SSSR count). The van der Waals surface area contributed by atoms with Gasteiger partial charge in [-0.05, 0) is 47.3 Å². The highest BCUT2D eigenvalue weighted by Crippen LogP contribution is 2.20. The number of hydrogen-bond donors (Lipinski definition) is 1. The summed E-state index contributed by atoms with van der Waals surface area (Å²) in [6.45, 7) is 6.04. The summed E-state index contributed by atoms with van der Waals surface area (Å²) >= 11 is 3.28. The van der Waals surface area contributed by atoms with Crippen LogP contribution in [0.2, 0.25) is 0 Å². The van der Waals surface area contributed by atoms with E-state index in [-0.39, 0.29) is 5.56 Å². The number of aromatic amines is 1. The fourth-order valence-electron chi connectivity index (χ4n) is 1.71. The van der Waals surface area contributed by atoms with Gasteiger partial charge in [-0.2, -0.15) is 0 Å². The van der Waals surface area contributed by atoms with Gasteiger partial charge in [0.2, 0.25) is 0 Å². The van der Waals surface area contributed by atoms with Crippen molar-refractivity contribution < 1.29 is 4.42 Å². The summed E-state index contributed by atoms with van der Waals surface area (Å²) in [5.41, 5.74) is 0.586. The highest BCUT2D eigenvalue weighted by Gasteiger charge is 2.13. The van der Waals surface area contributed by atoms with Gasteiger partial charge < -0.3 is 9.40 Å². The van der Waals surface area contributed by atoms with Crippen LogP contribution >= 0.6 is 15.9 Å². The molecule has 2 aromatic heterocycles. The molecule has 0 saturated carbocycles. The van der Waals surface area contributed by atoms with Crippen LogP contribution in [0.25, 0.3) is 11.6 Å². The molecule has 4 nitrogen and oxygen atoms in total. The van der Waals surface area contributed by atoms with Crippen LogP contribution in [-0.4, -0.2) is 9.97 Å². The monoisotopic (exact) mass is 310 g/mol. The Morgan fingerprint density at radius 3 is 2.72 bits per heavy atom. The molecular formula is C13H15BrN2O2. The SMILES string of the molecule is Cc1ccc(-c2nc(CC(C)C)c(Br)c(=O)[nH]2)o1. The first-order valence-corrected chi connectivity index (χ1v) is 6.62. The lowest BCUT2D eigenvalue weighted by molar-refractivity contribution is 0.542. The van der Waals surface area contributed by atoms with Crippen molar-refractivity contribution in [2.24, 2.45) is 5.92 Å². The maximum absolute atomic E-state index is 11.8. The Balaban J connectivity index is 2.50. The highest BCUT2D eigenvalue weighted by molar-refractivity contribution is 9.10. The number of H-pyrrole nitrogens is 1. The number of halogens is 1. The second-order valence-corrected chi connectivity index (χ2v) is 5.48. The summed E-state index contributed by atoms with van der Waals surface area (Å²) in [5, 5.41) is 0. The fraction of sp³-hybridized carbons (Fsp3) is 0.385. The zero-order valence-electron chi connectivity index (χ0n) is 10.6. The van der Waals surface area contributed by atoms with Crippen molar-refractivity contribution in [2.45, 2.75) is 27.2 Å². The molecular weight excluding hydrogens is 296 g/mol. The molecule has 0 unspecified atom stereocenters. The van der Waals surface area contributed by atoms with Crippen LogP contribution in [-0.2, 0) is 6.42 Å². The van der Waals surface area contributed by atoms with Gasteiger partial charge >= 0.3 is 0 Å². The van der Waals surface area contributed by atoms with Gasteiger partial charge in [0.1, 0.15) is 10.2 Å².